The van der Waals surface area contributed by atoms with E-state index < -0.39 is 0 Å². The highest BCUT2D eigenvalue weighted by molar-refractivity contribution is 5.82. The predicted octanol–water partition coefficient (Wildman–Crippen LogP) is 0.750. The van der Waals surface area contributed by atoms with Crippen LogP contribution in [-0.2, 0) is 4.79 Å². The lowest BCUT2D eigenvalue weighted by Gasteiger charge is -2.38. The number of rotatable bonds is 4. The van der Waals surface area contributed by atoms with E-state index in [0.29, 0.717) is 13.1 Å². The molecule has 1 aliphatic heterocycles. The quantitative estimate of drug-likeness (QED) is 0.829. The number of furan rings is 1. The van der Waals surface area contributed by atoms with Crippen LogP contribution in [0.25, 0.3) is 0 Å². The van der Waals surface area contributed by atoms with Crippen molar-refractivity contribution in [3.8, 4) is 0 Å². The zero-order valence-corrected chi connectivity index (χ0v) is 11.0. The third-order valence-corrected chi connectivity index (χ3v) is 3.39. The maximum Gasteiger partial charge on any atom is 0.238 e. The van der Waals surface area contributed by atoms with Gasteiger partial charge < -0.3 is 15.1 Å². The van der Waals surface area contributed by atoms with E-state index in [1.807, 2.05) is 19.1 Å². The molecule has 0 saturated carbocycles. The topological polar surface area (TPSA) is 57.5 Å². The zero-order chi connectivity index (χ0) is 13.0. The Kier molecular flexibility index (Phi) is 4.38. The normalized spacial score (nSPS) is 22.7. The monoisotopic (exact) mass is 251 g/mol. The maximum absolute atomic E-state index is 12.1. The fourth-order valence-electron chi connectivity index (χ4n) is 2.41. The summed E-state index contributed by atoms with van der Waals surface area (Å²) in [5, 5.41) is 6.17. The second-order valence-electron chi connectivity index (χ2n) is 4.54. The van der Waals surface area contributed by atoms with Gasteiger partial charge in [-0.15, -0.1) is 0 Å². The molecule has 2 heterocycles. The number of amides is 1. The highest BCUT2D eigenvalue weighted by atomic mass is 16.3. The molecule has 1 amide bonds. The van der Waals surface area contributed by atoms with Crippen molar-refractivity contribution in [3.63, 3.8) is 0 Å². The van der Waals surface area contributed by atoms with E-state index in [2.05, 4.69) is 22.5 Å². The lowest BCUT2D eigenvalue weighted by Crippen LogP contribution is -2.58. The van der Waals surface area contributed by atoms with E-state index >= 15 is 0 Å². The Morgan fingerprint density at radius 3 is 3.22 bits per heavy atom. The minimum atomic E-state index is -0.126. The Morgan fingerprint density at radius 2 is 2.56 bits per heavy atom. The third kappa shape index (κ3) is 2.73. The average Bonchev–Trinajstić information content (AvgIpc) is 2.92. The van der Waals surface area contributed by atoms with Crippen LogP contribution in [0.1, 0.15) is 25.6 Å². The molecule has 18 heavy (non-hydrogen) atoms. The van der Waals surface area contributed by atoms with Gasteiger partial charge in [-0.3, -0.25) is 9.69 Å². The van der Waals surface area contributed by atoms with Gasteiger partial charge in [0.1, 0.15) is 11.8 Å². The number of hydrogen-bond donors (Lipinski definition) is 2. The van der Waals surface area contributed by atoms with Gasteiger partial charge in [0.2, 0.25) is 5.91 Å². The predicted molar refractivity (Wildman–Crippen MR) is 69.2 cm³/mol. The molecule has 2 atom stereocenters. The first-order valence-electron chi connectivity index (χ1n) is 6.51. The molecule has 5 nitrogen and oxygen atoms in total. The van der Waals surface area contributed by atoms with Crippen molar-refractivity contribution in [1.29, 1.82) is 0 Å². The molecule has 0 bridgehead atoms. The Bertz CT molecular complexity index is 378. The Hall–Kier alpha value is -1.33. The van der Waals surface area contributed by atoms with Crippen LogP contribution >= 0.6 is 0 Å². The van der Waals surface area contributed by atoms with E-state index in [-0.39, 0.29) is 18.0 Å². The van der Waals surface area contributed by atoms with Gasteiger partial charge in [-0.1, -0.05) is 0 Å². The first kappa shape index (κ1) is 13.1. The molecular weight excluding hydrogens is 230 g/mol. The fourth-order valence-corrected chi connectivity index (χ4v) is 2.41. The Morgan fingerprint density at radius 1 is 1.72 bits per heavy atom. The van der Waals surface area contributed by atoms with E-state index in [9.17, 15) is 4.79 Å². The number of carbonyl (C=O) groups is 1. The summed E-state index contributed by atoms with van der Waals surface area (Å²) >= 11 is 0. The van der Waals surface area contributed by atoms with Gasteiger partial charge in [0.15, 0.2) is 0 Å². The standard InChI is InChI=1S/C13H21N3O2/c1-3-15-13(17)11-9-14-6-7-16(11)10(2)12-5-4-8-18-12/h4-5,8,10-11,14H,3,6-7,9H2,1-2H3,(H,15,17). The van der Waals surface area contributed by atoms with Gasteiger partial charge in [0.25, 0.3) is 0 Å². The summed E-state index contributed by atoms with van der Waals surface area (Å²) in [5.74, 6) is 0.995. The van der Waals surface area contributed by atoms with E-state index in [1.54, 1.807) is 6.26 Å². The van der Waals surface area contributed by atoms with Crippen LogP contribution in [0, 0.1) is 0 Å². The number of carbonyl (C=O) groups excluding carboxylic acids is 1. The van der Waals surface area contributed by atoms with Crippen molar-refractivity contribution < 1.29 is 9.21 Å². The van der Waals surface area contributed by atoms with Crippen LogP contribution < -0.4 is 10.6 Å². The maximum atomic E-state index is 12.1. The Labute approximate surface area is 108 Å². The molecule has 2 unspecified atom stereocenters. The molecule has 2 rings (SSSR count). The van der Waals surface area contributed by atoms with Gasteiger partial charge in [-0.25, -0.2) is 0 Å². The molecule has 1 fully saturated rings. The average molecular weight is 251 g/mol. The molecule has 1 aromatic heterocycles. The molecule has 2 N–H and O–H groups in total. The lowest BCUT2D eigenvalue weighted by atomic mass is 10.1. The molecule has 0 aromatic carbocycles. The zero-order valence-electron chi connectivity index (χ0n) is 11.0. The summed E-state index contributed by atoms with van der Waals surface area (Å²) in [7, 11) is 0. The van der Waals surface area contributed by atoms with E-state index in [0.717, 1.165) is 18.8 Å². The van der Waals surface area contributed by atoms with Gasteiger partial charge in [-0.2, -0.15) is 0 Å². The highest BCUT2D eigenvalue weighted by Gasteiger charge is 2.32. The van der Waals surface area contributed by atoms with Crippen molar-refractivity contribution in [2.24, 2.45) is 0 Å². The highest BCUT2D eigenvalue weighted by Crippen LogP contribution is 2.23. The van der Waals surface area contributed by atoms with Crippen LogP contribution in [-0.4, -0.2) is 43.0 Å². The van der Waals surface area contributed by atoms with Crippen LogP contribution in [0.15, 0.2) is 22.8 Å². The second-order valence-corrected chi connectivity index (χ2v) is 4.54. The summed E-state index contributed by atoms with van der Waals surface area (Å²) in [6, 6.07) is 3.84. The summed E-state index contributed by atoms with van der Waals surface area (Å²) in [6.07, 6.45) is 1.68. The molecule has 0 radical (unpaired) electrons. The number of nitrogens with zero attached hydrogens (tertiary/aromatic N) is 1. The third-order valence-electron chi connectivity index (χ3n) is 3.39. The second kappa shape index (κ2) is 6.02. The van der Waals surface area contributed by atoms with Gasteiger partial charge >= 0.3 is 0 Å². The summed E-state index contributed by atoms with van der Waals surface area (Å²) < 4.78 is 5.44. The minimum Gasteiger partial charge on any atom is -0.468 e. The number of nitrogens with one attached hydrogen (secondary N) is 2. The van der Waals surface area contributed by atoms with Crippen LogP contribution in [0.3, 0.4) is 0 Å². The first-order chi connectivity index (χ1) is 8.74. The van der Waals surface area contributed by atoms with E-state index in [4.69, 9.17) is 4.42 Å². The van der Waals surface area contributed by atoms with Crippen LogP contribution in [0.2, 0.25) is 0 Å². The number of likely N-dealkylation sites (N-methyl/N-ethyl adjacent to an activating group) is 1. The van der Waals surface area contributed by atoms with Crippen molar-refractivity contribution >= 4 is 5.91 Å². The molecule has 0 aliphatic carbocycles. The molecule has 1 saturated heterocycles. The van der Waals surface area contributed by atoms with Crippen molar-refractivity contribution in [3.05, 3.63) is 24.2 Å². The van der Waals surface area contributed by atoms with Gasteiger partial charge in [0.05, 0.1) is 12.3 Å². The summed E-state index contributed by atoms with van der Waals surface area (Å²) in [4.78, 5) is 14.3. The molecule has 1 aromatic rings. The van der Waals surface area contributed by atoms with Crippen LogP contribution in [0.5, 0.6) is 0 Å². The van der Waals surface area contributed by atoms with Crippen molar-refractivity contribution in [2.45, 2.75) is 25.9 Å². The number of piperazine rings is 1. The largest absolute Gasteiger partial charge is 0.468 e. The van der Waals surface area contributed by atoms with Crippen molar-refractivity contribution in [2.75, 3.05) is 26.2 Å². The molecule has 100 valence electrons. The molecule has 5 heteroatoms. The molecule has 1 aliphatic rings. The summed E-state index contributed by atoms with van der Waals surface area (Å²) in [5.41, 5.74) is 0. The van der Waals surface area contributed by atoms with Crippen LogP contribution in [0.4, 0.5) is 0 Å². The molecular formula is C13H21N3O2. The SMILES string of the molecule is CCNC(=O)C1CNCCN1C(C)c1ccco1. The smallest absolute Gasteiger partial charge is 0.238 e. The lowest BCUT2D eigenvalue weighted by molar-refractivity contribution is -0.128. The van der Waals surface area contributed by atoms with E-state index in [1.165, 1.54) is 0 Å². The minimum absolute atomic E-state index is 0.0862. The summed E-state index contributed by atoms with van der Waals surface area (Å²) in [6.45, 7) is 7.13. The fraction of sp³-hybridized carbons (Fsp3) is 0.615. The van der Waals surface area contributed by atoms with Gasteiger partial charge in [0, 0.05) is 26.2 Å². The number of hydrogen-bond acceptors (Lipinski definition) is 4. The first-order valence-corrected chi connectivity index (χ1v) is 6.51. The Balaban J connectivity index is 2.10. The van der Waals surface area contributed by atoms with Crippen molar-refractivity contribution in [1.82, 2.24) is 15.5 Å². The molecule has 0 spiro atoms. The van der Waals surface area contributed by atoms with Gasteiger partial charge in [-0.05, 0) is 26.0 Å².